The van der Waals surface area contributed by atoms with Gasteiger partial charge in [-0.3, -0.25) is 4.79 Å². The Kier molecular flexibility index (Phi) is 3.26. The first-order valence-electron chi connectivity index (χ1n) is 4.99. The smallest absolute Gasteiger partial charge is 0.228 e. The van der Waals surface area contributed by atoms with Crippen molar-refractivity contribution in [2.45, 2.75) is 18.2 Å². The summed E-state index contributed by atoms with van der Waals surface area (Å²) in [6, 6.07) is 3.79. The van der Waals surface area contributed by atoms with Crippen molar-refractivity contribution < 1.29 is 4.79 Å². The van der Waals surface area contributed by atoms with Crippen LogP contribution in [0.5, 0.6) is 0 Å². The van der Waals surface area contributed by atoms with Crippen LogP contribution in [-0.4, -0.2) is 17.3 Å². The van der Waals surface area contributed by atoms with E-state index in [0.29, 0.717) is 18.7 Å². The van der Waals surface area contributed by atoms with Crippen molar-refractivity contribution in [3.63, 3.8) is 0 Å². The molecule has 0 bridgehead atoms. The number of hydrogen-bond acceptors (Lipinski definition) is 2. The Balaban J connectivity index is 2.41. The van der Waals surface area contributed by atoms with E-state index in [9.17, 15) is 4.79 Å². The van der Waals surface area contributed by atoms with Crippen LogP contribution in [0.25, 0.3) is 0 Å². The van der Waals surface area contributed by atoms with Gasteiger partial charge < -0.3 is 10.6 Å². The van der Waals surface area contributed by atoms with Crippen molar-refractivity contribution in [2.75, 3.05) is 17.2 Å². The van der Waals surface area contributed by atoms with Crippen LogP contribution in [0.1, 0.15) is 12.0 Å². The van der Waals surface area contributed by atoms with Gasteiger partial charge in [0.25, 0.3) is 0 Å². The minimum atomic E-state index is 0.121. The zero-order valence-electron chi connectivity index (χ0n) is 8.84. The third-order valence-electron chi connectivity index (χ3n) is 2.68. The zero-order chi connectivity index (χ0) is 11.9. The SMILES string of the molecule is Cc1cc(N2CC(Br)CC2=O)c(N)cc1Br. The summed E-state index contributed by atoms with van der Waals surface area (Å²) in [5.41, 5.74) is 8.46. The summed E-state index contributed by atoms with van der Waals surface area (Å²) in [6.45, 7) is 2.67. The molecule has 1 aliphatic heterocycles. The first kappa shape index (κ1) is 11.9. The molecule has 1 amide bonds. The number of nitrogens with zero attached hydrogens (tertiary/aromatic N) is 1. The molecule has 1 unspecified atom stereocenters. The predicted octanol–water partition coefficient (Wildman–Crippen LogP) is 2.84. The number of alkyl halides is 1. The molecular formula is C11H12Br2N2O. The Morgan fingerprint density at radius 3 is 2.75 bits per heavy atom. The summed E-state index contributed by atoms with van der Waals surface area (Å²) in [7, 11) is 0. The maximum atomic E-state index is 11.8. The lowest BCUT2D eigenvalue weighted by Gasteiger charge is -2.19. The number of carbonyl (C=O) groups excluding carboxylic acids is 1. The second kappa shape index (κ2) is 4.37. The third kappa shape index (κ3) is 2.11. The molecule has 2 N–H and O–H groups in total. The second-order valence-electron chi connectivity index (χ2n) is 3.97. The van der Waals surface area contributed by atoms with Gasteiger partial charge in [0.1, 0.15) is 0 Å². The van der Waals surface area contributed by atoms with Gasteiger partial charge in [0.05, 0.1) is 11.4 Å². The van der Waals surface area contributed by atoms with Crippen LogP contribution in [0.2, 0.25) is 0 Å². The highest BCUT2D eigenvalue weighted by Gasteiger charge is 2.30. The molecule has 1 aromatic carbocycles. The second-order valence-corrected chi connectivity index (χ2v) is 6.12. The Labute approximate surface area is 111 Å². The van der Waals surface area contributed by atoms with Crippen LogP contribution in [0.15, 0.2) is 16.6 Å². The zero-order valence-corrected chi connectivity index (χ0v) is 12.0. The summed E-state index contributed by atoms with van der Waals surface area (Å²) >= 11 is 6.88. The number of halogens is 2. The van der Waals surface area contributed by atoms with Gasteiger partial charge in [0.15, 0.2) is 0 Å². The fourth-order valence-electron chi connectivity index (χ4n) is 1.81. The van der Waals surface area contributed by atoms with E-state index in [2.05, 4.69) is 31.9 Å². The van der Waals surface area contributed by atoms with Crippen molar-refractivity contribution in [2.24, 2.45) is 0 Å². The number of anilines is 2. The van der Waals surface area contributed by atoms with Crippen LogP contribution in [0.3, 0.4) is 0 Å². The van der Waals surface area contributed by atoms with Crippen molar-refractivity contribution >= 4 is 49.1 Å². The van der Waals surface area contributed by atoms with Crippen LogP contribution >= 0.6 is 31.9 Å². The highest BCUT2D eigenvalue weighted by atomic mass is 79.9. The maximum Gasteiger partial charge on any atom is 0.228 e. The molecule has 1 saturated heterocycles. The Morgan fingerprint density at radius 1 is 1.50 bits per heavy atom. The fourth-order valence-corrected chi connectivity index (χ4v) is 2.74. The molecule has 0 spiro atoms. The lowest BCUT2D eigenvalue weighted by molar-refractivity contribution is -0.117. The number of nitrogen functional groups attached to an aromatic ring is 1. The molecule has 86 valence electrons. The first-order chi connectivity index (χ1) is 7.49. The lowest BCUT2D eigenvalue weighted by atomic mass is 10.2. The molecule has 3 nitrogen and oxygen atoms in total. The van der Waals surface area contributed by atoms with Gasteiger partial charge in [-0.15, -0.1) is 0 Å². The number of rotatable bonds is 1. The van der Waals surface area contributed by atoms with E-state index in [4.69, 9.17) is 5.73 Å². The first-order valence-corrected chi connectivity index (χ1v) is 6.70. The monoisotopic (exact) mass is 346 g/mol. The van der Waals surface area contributed by atoms with Gasteiger partial charge in [-0.2, -0.15) is 0 Å². The predicted molar refractivity (Wildman–Crippen MR) is 73.0 cm³/mol. The quantitative estimate of drug-likeness (QED) is 0.627. The molecule has 2 rings (SSSR count). The van der Waals surface area contributed by atoms with E-state index < -0.39 is 0 Å². The Hall–Kier alpha value is -0.550. The molecule has 5 heteroatoms. The van der Waals surface area contributed by atoms with Gasteiger partial charge in [-0.05, 0) is 24.6 Å². The van der Waals surface area contributed by atoms with E-state index in [1.807, 2.05) is 19.1 Å². The van der Waals surface area contributed by atoms with Crippen LogP contribution in [0, 0.1) is 6.92 Å². The molecule has 1 aromatic rings. The van der Waals surface area contributed by atoms with Crippen molar-refractivity contribution in [1.29, 1.82) is 0 Å². The number of nitrogens with two attached hydrogens (primary N) is 1. The maximum absolute atomic E-state index is 11.8. The van der Waals surface area contributed by atoms with Crippen molar-refractivity contribution in [1.82, 2.24) is 0 Å². The summed E-state index contributed by atoms with van der Waals surface area (Å²) in [6.07, 6.45) is 0.536. The minimum Gasteiger partial charge on any atom is -0.397 e. The van der Waals surface area contributed by atoms with Gasteiger partial charge in [0, 0.05) is 22.3 Å². The van der Waals surface area contributed by atoms with E-state index in [0.717, 1.165) is 15.7 Å². The van der Waals surface area contributed by atoms with E-state index in [1.165, 1.54) is 0 Å². The Morgan fingerprint density at radius 2 is 2.19 bits per heavy atom. The molecule has 1 atom stereocenters. The molecule has 0 radical (unpaired) electrons. The van der Waals surface area contributed by atoms with Crippen LogP contribution < -0.4 is 10.6 Å². The number of carbonyl (C=O) groups is 1. The summed E-state index contributed by atoms with van der Waals surface area (Å²) in [4.78, 5) is 13.7. The standard InChI is InChI=1S/C11H12Br2N2O/c1-6-2-10(9(14)4-8(6)13)15-5-7(12)3-11(15)16/h2,4,7H,3,5,14H2,1H3. The third-order valence-corrected chi connectivity index (χ3v) is 4.14. The van der Waals surface area contributed by atoms with Crippen LogP contribution in [-0.2, 0) is 4.79 Å². The number of benzene rings is 1. The molecule has 1 heterocycles. The average Bonchev–Trinajstić information content (AvgIpc) is 2.51. The van der Waals surface area contributed by atoms with Crippen LogP contribution in [0.4, 0.5) is 11.4 Å². The molecule has 0 saturated carbocycles. The largest absolute Gasteiger partial charge is 0.397 e. The number of hydrogen-bond donors (Lipinski definition) is 1. The number of amides is 1. The Bertz CT molecular complexity index is 448. The van der Waals surface area contributed by atoms with Crippen molar-refractivity contribution in [3.8, 4) is 0 Å². The minimum absolute atomic E-state index is 0.121. The van der Waals surface area contributed by atoms with E-state index >= 15 is 0 Å². The van der Waals surface area contributed by atoms with E-state index in [-0.39, 0.29) is 10.7 Å². The molecular weight excluding hydrogens is 336 g/mol. The summed E-state index contributed by atoms with van der Waals surface area (Å²) in [5, 5.41) is 0. The normalized spacial score (nSPS) is 20.6. The molecule has 16 heavy (non-hydrogen) atoms. The fraction of sp³-hybridized carbons (Fsp3) is 0.364. The summed E-state index contributed by atoms with van der Waals surface area (Å²) < 4.78 is 0.968. The molecule has 0 aliphatic carbocycles. The van der Waals surface area contributed by atoms with Gasteiger partial charge in [-0.1, -0.05) is 31.9 Å². The molecule has 1 aliphatic rings. The van der Waals surface area contributed by atoms with Gasteiger partial charge in [-0.25, -0.2) is 0 Å². The highest BCUT2D eigenvalue weighted by molar-refractivity contribution is 9.10. The molecule has 0 aromatic heterocycles. The van der Waals surface area contributed by atoms with Crippen molar-refractivity contribution in [3.05, 3.63) is 22.2 Å². The van der Waals surface area contributed by atoms with Gasteiger partial charge in [0.2, 0.25) is 5.91 Å². The van der Waals surface area contributed by atoms with Gasteiger partial charge >= 0.3 is 0 Å². The van der Waals surface area contributed by atoms with E-state index in [1.54, 1.807) is 4.90 Å². The average molecular weight is 348 g/mol. The number of aryl methyl sites for hydroxylation is 1. The highest BCUT2D eigenvalue weighted by Crippen LogP contribution is 2.33. The topological polar surface area (TPSA) is 46.3 Å². The molecule has 1 fully saturated rings. The lowest BCUT2D eigenvalue weighted by Crippen LogP contribution is -2.25. The summed E-state index contributed by atoms with van der Waals surface area (Å²) in [5.74, 6) is 0.121.